The van der Waals surface area contributed by atoms with Gasteiger partial charge in [0.05, 0.1) is 17.3 Å². The fourth-order valence-corrected chi connectivity index (χ4v) is 0.964. The molecule has 3 nitrogen and oxygen atoms in total. The third-order valence-electron chi connectivity index (χ3n) is 1.12. The van der Waals surface area contributed by atoms with Crippen molar-refractivity contribution in [1.82, 2.24) is 4.98 Å². The van der Waals surface area contributed by atoms with Gasteiger partial charge in [-0.2, -0.15) is 9.37 Å². The van der Waals surface area contributed by atoms with E-state index >= 15 is 0 Å². The molecular weight excluding hydrogens is 215 g/mol. The highest BCUT2D eigenvalue weighted by Crippen LogP contribution is 2.24. The maximum atomic E-state index is 12.7. The van der Waals surface area contributed by atoms with Gasteiger partial charge < -0.3 is 10.5 Å². The van der Waals surface area contributed by atoms with E-state index in [9.17, 15) is 4.39 Å². The number of hydrogen-bond acceptors (Lipinski definition) is 3. The number of pyridine rings is 1. The lowest BCUT2D eigenvalue weighted by molar-refractivity contribution is 0.389. The van der Waals surface area contributed by atoms with Crippen molar-refractivity contribution in [3.63, 3.8) is 0 Å². The first-order valence-electron chi connectivity index (χ1n) is 2.80. The fraction of sp³-hybridized carbons (Fsp3) is 0.167. The molecule has 1 aromatic heterocycles. The molecule has 0 aromatic carbocycles. The Balaban J connectivity index is 3.21. The van der Waals surface area contributed by atoms with Crippen LogP contribution in [0, 0.1) is 5.95 Å². The molecule has 0 bridgehead atoms. The summed E-state index contributed by atoms with van der Waals surface area (Å²) in [5, 5.41) is 0. The largest absolute Gasteiger partial charge is 0.479 e. The van der Waals surface area contributed by atoms with Crippen LogP contribution in [0.25, 0.3) is 0 Å². The third kappa shape index (κ3) is 1.59. The van der Waals surface area contributed by atoms with Crippen molar-refractivity contribution in [2.75, 3.05) is 12.8 Å². The summed E-state index contributed by atoms with van der Waals surface area (Å²) in [5.74, 6) is -0.526. The van der Waals surface area contributed by atoms with E-state index in [0.717, 1.165) is 0 Å². The minimum Gasteiger partial charge on any atom is -0.479 e. The monoisotopic (exact) mass is 220 g/mol. The van der Waals surface area contributed by atoms with Crippen LogP contribution >= 0.6 is 15.9 Å². The van der Waals surface area contributed by atoms with Crippen molar-refractivity contribution in [3.8, 4) is 5.88 Å². The van der Waals surface area contributed by atoms with E-state index in [1.165, 1.54) is 13.2 Å². The van der Waals surface area contributed by atoms with Gasteiger partial charge in [0, 0.05) is 0 Å². The summed E-state index contributed by atoms with van der Waals surface area (Å²) >= 11 is 2.94. The second-order valence-electron chi connectivity index (χ2n) is 1.86. The Bertz CT molecular complexity index is 280. The molecule has 0 aliphatic carbocycles. The molecule has 1 rings (SSSR count). The Morgan fingerprint density at radius 1 is 1.73 bits per heavy atom. The minimum absolute atomic E-state index is 0.103. The SMILES string of the molecule is COc1nc(F)c(Br)cc1N. The molecule has 1 aromatic rings. The first-order chi connectivity index (χ1) is 5.15. The summed E-state index contributed by atoms with van der Waals surface area (Å²) in [5.41, 5.74) is 5.72. The van der Waals surface area contributed by atoms with Gasteiger partial charge in [0.1, 0.15) is 0 Å². The first kappa shape index (κ1) is 8.26. The third-order valence-corrected chi connectivity index (χ3v) is 1.68. The van der Waals surface area contributed by atoms with Crippen LogP contribution in [0.4, 0.5) is 10.1 Å². The Labute approximate surface area is 71.5 Å². The number of ether oxygens (including phenoxy) is 1. The molecule has 5 heteroatoms. The van der Waals surface area contributed by atoms with Crippen molar-refractivity contribution in [2.45, 2.75) is 0 Å². The Morgan fingerprint density at radius 3 is 2.91 bits per heavy atom. The number of hydrogen-bond donors (Lipinski definition) is 1. The number of nitrogen functional groups attached to an aromatic ring is 1. The number of nitrogens with two attached hydrogens (primary N) is 1. The van der Waals surface area contributed by atoms with Crippen LogP contribution in [0.2, 0.25) is 0 Å². The fourth-order valence-electron chi connectivity index (χ4n) is 0.628. The molecule has 0 spiro atoms. The van der Waals surface area contributed by atoms with Crippen LogP contribution in [-0.4, -0.2) is 12.1 Å². The highest BCUT2D eigenvalue weighted by Gasteiger charge is 2.06. The number of methoxy groups -OCH3 is 1. The van der Waals surface area contributed by atoms with Gasteiger partial charge in [-0.3, -0.25) is 0 Å². The maximum absolute atomic E-state index is 12.7. The van der Waals surface area contributed by atoms with E-state index in [1.807, 2.05) is 0 Å². The molecule has 11 heavy (non-hydrogen) atoms. The van der Waals surface area contributed by atoms with Crippen molar-refractivity contribution in [3.05, 3.63) is 16.5 Å². The van der Waals surface area contributed by atoms with Gasteiger partial charge in [-0.15, -0.1) is 0 Å². The topological polar surface area (TPSA) is 48.1 Å². The van der Waals surface area contributed by atoms with E-state index in [4.69, 9.17) is 5.73 Å². The predicted molar refractivity (Wildman–Crippen MR) is 42.9 cm³/mol. The number of anilines is 1. The van der Waals surface area contributed by atoms with Crippen molar-refractivity contribution < 1.29 is 9.13 Å². The molecule has 0 saturated heterocycles. The lowest BCUT2D eigenvalue weighted by atomic mass is 10.4. The van der Waals surface area contributed by atoms with Crippen LogP contribution in [0.15, 0.2) is 10.5 Å². The number of aromatic nitrogens is 1. The molecule has 0 atom stereocenters. The zero-order chi connectivity index (χ0) is 8.43. The smallest absolute Gasteiger partial charge is 0.239 e. The second kappa shape index (κ2) is 3.04. The number of nitrogens with zero attached hydrogens (tertiary/aromatic N) is 1. The summed E-state index contributed by atoms with van der Waals surface area (Å²) in [7, 11) is 1.38. The lowest BCUT2D eigenvalue weighted by Crippen LogP contribution is -1.97. The van der Waals surface area contributed by atoms with E-state index < -0.39 is 5.95 Å². The molecule has 0 amide bonds. The van der Waals surface area contributed by atoms with Crippen molar-refractivity contribution in [1.29, 1.82) is 0 Å². The molecule has 0 saturated carbocycles. The van der Waals surface area contributed by atoms with Gasteiger partial charge in [-0.25, -0.2) is 0 Å². The summed E-state index contributed by atoms with van der Waals surface area (Å²) in [6, 6.07) is 1.40. The molecule has 0 fully saturated rings. The molecular formula is C6H6BrFN2O. The summed E-state index contributed by atoms with van der Waals surface area (Å²) in [6.07, 6.45) is 0. The standard InChI is InChI=1S/C6H6BrFN2O/c1-11-6-4(9)2-3(7)5(8)10-6/h2H,9H2,1H3. The Hall–Kier alpha value is -0.840. The highest BCUT2D eigenvalue weighted by atomic mass is 79.9. The van der Waals surface area contributed by atoms with Gasteiger partial charge in [0.2, 0.25) is 11.8 Å². The first-order valence-corrected chi connectivity index (χ1v) is 3.60. The Morgan fingerprint density at radius 2 is 2.36 bits per heavy atom. The molecule has 0 aliphatic heterocycles. The molecule has 1 heterocycles. The summed E-state index contributed by atoms with van der Waals surface area (Å²) < 4.78 is 17.6. The van der Waals surface area contributed by atoms with Gasteiger partial charge in [-0.1, -0.05) is 0 Å². The zero-order valence-electron chi connectivity index (χ0n) is 5.77. The molecule has 60 valence electrons. The minimum atomic E-state index is -0.629. The van der Waals surface area contributed by atoms with E-state index in [1.54, 1.807) is 0 Å². The summed E-state index contributed by atoms with van der Waals surface area (Å²) in [4.78, 5) is 3.43. The highest BCUT2D eigenvalue weighted by molar-refractivity contribution is 9.10. The average molecular weight is 221 g/mol. The van der Waals surface area contributed by atoms with Crippen LogP contribution in [0.1, 0.15) is 0 Å². The van der Waals surface area contributed by atoms with Crippen molar-refractivity contribution >= 4 is 21.6 Å². The number of halogens is 2. The van der Waals surface area contributed by atoms with E-state index in [-0.39, 0.29) is 10.4 Å². The van der Waals surface area contributed by atoms with Crippen LogP contribution in [0.3, 0.4) is 0 Å². The number of rotatable bonds is 1. The van der Waals surface area contributed by atoms with Crippen LogP contribution in [0.5, 0.6) is 5.88 Å². The second-order valence-corrected chi connectivity index (χ2v) is 2.71. The Kier molecular flexibility index (Phi) is 2.28. The van der Waals surface area contributed by atoms with Gasteiger partial charge in [-0.05, 0) is 22.0 Å². The molecule has 2 N–H and O–H groups in total. The molecule has 0 radical (unpaired) electrons. The molecule has 0 aliphatic rings. The quantitative estimate of drug-likeness (QED) is 0.732. The normalized spacial score (nSPS) is 9.73. The van der Waals surface area contributed by atoms with Gasteiger partial charge >= 0.3 is 0 Å². The lowest BCUT2D eigenvalue weighted by Gasteiger charge is -2.02. The van der Waals surface area contributed by atoms with Gasteiger partial charge in [0.15, 0.2) is 0 Å². The summed E-state index contributed by atoms with van der Waals surface area (Å²) in [6.45, 7) is 0. The van der Waals surface area contributed by atoms with Crippen molar-refractivity contribution in [2.24, 2.45) is 0 Å². The predicted octanol–water partition coefficient (Wildman–Crippen LogP) is 1.57. The van der Waals surface area contributed by atoms with Gasteiger partial charge in [0.25, 0.3) is 0 Å². The van der Waals surface area contributed by atoms with Crippen LogP contribution < -0.4 is 10.5 Å². The van der Waals surface area contributed by atoms with E-state index in [2.05, 4.69) is 25.7 Å². The van der Waals surface area contributed by atoms with E-state index in [0.29, 0.717) is 5.69 Å². The molecule has 0 unspecified atom stereocenters. The average Bonchev–Trinajstić information content (AvgIpc) is 1.97. The zero-order valence-corrected chi connectivity index (χ0v) is 7.35. The maximum Gasteiger partial charge on any atom is 0.239 e. The van der Waals surface area contributed by atoms with Crippen LogP contribution in [-0.2, 0) is 0 Å².